The molecule has 0 unspecified atom stereocenters. The Hall–Kier alpha value is -2.63. The van der Waals surface area contributed by atoms with E-state index in [1.165, 1.54) is 12.3 Å². The highest BCUT2D eigenvalue weighted by Crippen LogP contribution is 2.17. The molecule has 0 aliphatic heterocycles. The molecule has 24 heavy (non-hydrogen) atoms. The lowest BCUT2D eigenvalue weighted by Gasteiger charge is -2.07. The van der Waals surface area contributed by atoms with Gasteiger partial charge in [-0.15, -0.1) is 0 Å². The van der Waals surface area contributed by atoms with Crippen LogP contribution in [0.1, 0.15) is 10.5 Å². The Morgan fingerprint density at radius 2 is 1.42 bits per heavy atom. The van der Waals surface area contributed by atoms with Gasteiger partial charge in [0.1, 0.15) is 5.69 Å². The summed E-state index contributed by atoms with van der Waals surface area (Å²) < 4.78 is 0. The zero-order valence-electron chi connectivity index (χ0n) is 12.3. The molecule has 1 heterocycles. The first-order valence-electron chi connectivity index (χ1n) is 7.03. The summed E-state index contributed by atoms with van der Waals surface area (Å²) in [5, 5.41) is 7.01. The van der Waals surface area contributed by atoms with Crippen molar-refractivity contribution >= 4 is 46.4 Å². The Morgan fingerprint density at radius 1 is 0.833 bits per heavy atom. The van der Waals surface area contributed by atoms with Gasteiger partial charge >= 0.3 is 0 Å². The molecule has 5 nitrogen and oxygen atoms in total. The number of benzene rings is 2. The summed E-state index contributed by atoms with van der Waals surface area (Å²) >= 11 is 11.7. The minimum Gasteiger partial charge on any atom is -0.324 e. The van der Waals surface area contributed by atoms with E-state index in [1.54, 1.807) is 48.5 Å². The Kier molecular flexibility index (Phi) is 4.93. The molecule has 0 atom stereocenters. The van der Waals surface area contributed by atoms with Crippen molar-refractivity contribution in [3.63, 3.8) is 0 Å². The third kappa shape index (κ3) is 4.22. The molecule has 1 amide bonds. The smallest absolute Gasteiger partial charge is 0.274 e. The summed E-state index contributed by atoms with van der Waals surface area (Å²) in [5.41, 5.74) is 1.65. The van der Waals surface area contributed by atoms with E-state index >= 15 is 0 Å². The van der Waals surface area contributed by atoms with Crippen LogP contribution in [0.3, 0.4) is 0 Å². The van der Waals surface area contributed by atoms with E-state index in [0.717, 1.165) is 5.69 Å². The van der Waals surface area contributed by atoms with Gasteiger partial charge in [0.2, 0.25) is 5.95 Å². The summed E-state index contributed by atoms with van der Waals surface area (Å²) in [4.78, 5) is 20.6. The monoisotopic (exact) mass is 358 g/mol. The number of hydrogen-bond acceptors (Lipinski definition) is 4. The number of rotatable bonds is 4. The molecule has 1 aromatic heterocycles. The van der Waals surface area contributed by atoms with Crippen molar-refractivity contribution in [2.24, 2.45) is 0 Å². The van der Waals surface area contributed by atoms with Crippen LogP contribution in [0.4, 0.5) is 17.3 Å². The molecule has 7 heteroatoms. The molecule has 3 rings (SSSR count). The van der Waals surface area contributed by atoms with Crippen LogP contribution in [0.5, 0.6) is 0 Å². The van der Waals surface area contributed by atoms with E-state index in [0.29, 0.717) is 21.7 Å². The molecule has 0 aliphatic carbocycles. The maximum atomic E-state index is 12.3. The molecular formula is C17H12Cl2N4O. The minimum atomic E-state index is -0.334. The van der Waals surface area contributed by atoms with Crippen molar-refractivity contribution in [1.82, 2.24) is 9.97 Å². The maximum Gasteiger partial charge on any atom is 0.274 e. The zero-order chi connectivity index (χ0) is 16.9. The molecule has 0 bridgehead atoms. The number of anilines is 3. The van der Waals surface area contributed by atoms with Gasteiger partial charge in [-0.05, 0) is 54.6 Å². The largest absolute Gasteiger partial charge is 0.324 e. The first-order valence-corrected chi connectivity index (χ1v) is 7.78. The van der Waals surface area contributed by atoms with Crippen molar-refractivity contribution in [3.8, 4) is 0 Å². The number of halogens is 2. The molecule has 2 aromatic carbocycles. The number of carbonyl (C=O) groups excluding carboxylic acids is 1. The molecule has 2 N–H and O–H groups in total. The van der Waals surface area contributed by atoms with Crippen molar-refractivity contribution in [2.45, 2.75) is 0 Å². The van der Waals surface area contributed by atoms with Crippen LogP contribution in [-0.4, -0.2) is 15.9 Å². The van der Waals surface area contributed by atoms with E-state index in [2.05, 4.69) is 20.6 Å². The summed E-state index contributed by atoms with van der Waals surface area (Å²) in [7, 11) is 0. The minimum absolute atomic E-state index is 0.247. The van der Waals surface area contributed by atoms with E-state index in [4.69, 9.17) is 23.2 Å². The molecule has 120 valence electrons. The lowest BCUT2D eigenvalue weighted by molar-refractivity contribution is 0.102. The highest BCUT2D eigenvalue weighted by molar-refractivity contribution is 6.30. The third-order valence-corrected chi connectivity index (χ3v) is 3.59. The quantitative estimate of drug-likeness (QED) is 0.704. The number of nitrogens with one attached hydrogen (secondary N) is 2. The molecule has 0 saturated carbocycles. The summed E-state index contributed by atoms with van der Waals surface area (Å²) in [6, 6.07) is 15.5. The second-order valence-corrected chi connectivity index (χ2v) is 5.73. The fourth-order valence-electron chi connectivity index (χ4n) is 1.94. The molecular weight excluding hydrogens is 347 g/mol. The van der Waals surface area contributed by atoms with Gasteiger partial charge in [-0.25, -0.2) is 9.97 Å². The third-order valence-electron chi connectivity index (χ3n) is 3.09. The standard InChI is InChI=1S/C17H12Cl2N4O/c18-11-1-5-13(6-2-11)21-16(24)15-9-10-20-17(23-15)22-14-7-3-12(19)4-8-14/h1-10H,(H,21,24)(H,20,22,23). The topological polar surface area (TPSA) is 66.9 Å². The van der Waals surface area contributed by atoms with Crippen molar-refractivity contribution < 1.29 is 4.79 Å². The van der Waals surface area contributed by atoms with E-state index < -0.39 is 0 Å². The molecule has 0 aliphatic rings. The van der Waals surface area contributed by atoms with Gasteiger partial charge in [0, 0.05) is 27.6 Å². The van der Waals surface area contributed by atoms with Gasteiger partial charge in [0.15, 0.2) is 0 Å². The first-order chi connectivity index (χ1) is 11.6. The number of nitrogens with zero attached hydrogens (tertiary/aromatic N) is 2. The number of aromatic nitrogens is 2. The van der Waals surface area contributed by atoms with Gasteiger partial charge in [0.05, 0.1) is 0 Å². The van der Waals surface area contributed by atoms with E-state index in [1.807, 2.05) is 0 Å². The maximum absolute atomic E-state index is 12.3. The van der Waals surface area contributed by atoms with Crippen molar-refractivity contribution in [2.75, 3.05) is 10.6 Å². The Balaban J connectivity index is 1.73. The molecule has 0 radical (unpaired) electrons. The number of amides is 1. The van der Waals surface area contributed by atoms with Gasteiger partial charge in [-0.3, -0.25) is 4.79 Å². The lowest BCUT2D eigenvalue weighted by atomic mass is 10.3. The van der Waals surface area contributed by atoms with Crippen LogP contribution in [0.15, 0.2) is 60.8 Å². The predicted molar refractivity (Wildman–Crippen MR) is 96.2 cm³/mol. The highest BCUT2D eigenvalue weighted by Gasteiger charge is 2.09. The average Bonchev–Trinajstić information content (AvgIpc) is 2.59. The van der Waals surface area contributed by atoms with Crippen molar-refractivity contribution in [1.29, 1.82) is 0 Å². The number of hydrogen-bond donors (Lipinski definition) is 2. The van der Waals surface area contributed by atoms with Gasteiger partial charge in [-0.2, -0.15) is 0 Å². The average molecular weight is 359 g/mol. The fourth-order valence-corrected chi connectivity index (χ4v) is 2.19. The molecule has 3 aromatic rings. The van der Waals surface area contributed by atoms with Crippen LogP contribution in [0, 0.1) is 0 Å². The Morgan fingerprint density at radius 3 is 2.04 bits per heavy atom. The van der Waals surface area contributed by atoms with Gasteiger partial charge in [-0.1, -0.05) is 23.2 Å². The summed E-state index contributed by atoms with van der Waals surface area (Å²) in [6.45, 7) is 0. The van der Waals surface area contributed by atoms with E-state index in [9.17, 15) is 4.79 Å². The molecule has 0 fully saturated rings. The lowest BCUT2D eigenvalue weighted by Crippen LogP contribution is -2.14. The van der Waals surface area contributed by atoms with E-state index in [-0.39, 0.29) is 11.6 Å². The molecule has 0 spiro atoms. The van der Waals surface area contributed by atoms with Gasteiger partial charge < -0.3 is 10.6 Å². The summed E-state index contributed by atoms with van der Waals surface area (Å²) in [5.74, 6) is -0.0139. The van der Waals surface area contributed by atoms with Gasteiger partial charge in [0.25, 0.3) is 5.91 Å². The van der Waals surface area contributed by atoms with Crippen LogP contribution >= 0.6 is 23.2 Å². The predicted octanol–water partition coefficient (Wildman–Crippen LogP) is 4.78. The Bertz CT molecular complexity index is 851. The zero-order valence-corrected chi connectivity index (χ0v) is 13.8. The normalized spacial score (nSPS) is 10.2. The second kappa shape index (κ2) is 7.29. The highest BCUT2D eigenvalue weighted by atomic mass is 35.5. The second-order valence-electron chi connectivity index (χ2n) is 4.86. The van der Waals surface area contributed by atoms with Crippen LogP contribution in [-0.2, 0) is 0 Å². The van der Waals surface area contributed by atoms with Crippen LogP contribution < -0.4 is 10.6 Å². The molecule has 0 saturated heterocycles. The first kappa shape index (κ1) is 16.2. The Labute approximate surface area is 148 Å². The fraction of sp³-hybridized carbons (Fsp3) is 0. The summed E-state index contributed by atoms with van der Waals surface area (Å²) in [6.07, 6.45) is 1.52. The van der Waals surface area contributed by atoms with Crippen molar-refractivity contribution in [3.05, 3.63) is 76.5 Å². The SMILES string of the molecule is O=C(Nc1ccc(Cl)cc1)c1ccnc(Nc2ccc(Cl)cc2)n1. The van der Waals surface area contributed by atoms with Crippen LogP contribution in [0.25, 0.3) is 0 Å². The number of carbonyl (C=O) groups is 1. The van der Waals surface area contributed by atoms with Crippen LogP contribution in [0.2, 0.25) is 10.0 Å².